The standard InChI is InChI=1S/C29H24Cl2N2O4/c1-16-28-19(14-33(15-36-28)12-17-4-6-23(30)24(31)8-17)9-22-27(34)26(37-29(16)22)10-18-13-32(2)25-7-5-20(35-3)11-21(18)25/h4-11,13H,12,14-15H2,1-3H3/b26-10-. The van der Waals surface area contributed by atoms with Crippen molar-refractivity contribution in [1.29, 1.82) is 0 Å². The Morgan fingerprint density at radius 2 is 1.92 bits per heavy atom. The third kappa shape index (κ3) is 4.15. The summed E-state index contributed by atoms with van der Waals surface area (Å²) in [5.74, 6) is 2.25. The number of Topliss-reactive ketones (excluding diaryl/α,β-unsaturated/α-hetero) is 1. The van der Waals surface area contributed by atoms with Gasteiger partial charge in [0.05, 0.1) is 22.7 Å². The summed E-state index contributed by atoms with van der Waals surface area (Å²) in [4.78, 5) is 15.6. The van der Waals surface area contributed by atoms with Gasteiger partial charge in [-0.1, -0.05) is 29.3 Å². The van der Waals surface area contributed by atoms with Crippen LogP contribution in [0.4, 0.5) is 0 Å². The summed E-state index contributed by atoms with van der Waals surface area (Å²) in [5.41, 5.74) is 5.31. The van der Waals surface area contributed by atoms with Crippen LogP contribution in [-0.2, 0) is 20.1 Å². The maximum Gasteiger partial charge on any atom is 0.231 e. The average molecular weight is 535 g/mol. The number of carbonyl (C=O) groups is 1. The van der Waals surface area contributed by atoms with Crippen LogP contribution >= 0.6 is 23.2 Å². The molecule has 1 aromatic heterocycles. The minimum Gasteiger partial charge on any atom is -0.497 e. The molecule has 0 fully saturated rings. The van der Waals surface area contributed by atoms with Crippen LogP contribution in [0.5, 0.6) is 17.2 Å². The van der Waals surface area contributed by atoms with E-state index in [9.17, 15) is 4.79 Å². The van der Waals surface area contributed by atoms with Crippen LogP contribution in [0.15, 0.2) is 54.4 Å². The van der Waals surface area contributed by atoms with Crippen LogP contribution in [0.3, 0.4) is 0 Å². The second-order valence-electron chi connectivity index (χ2n) is 9.39. The first-order valence-corrected chi connectivity index (χ1v) is 12.6. The molecule has 0 spiro atoms. The van der Waals surface area contributed by atoms with E-state index in [1.807, 2.05) is 61.1 Å². The maximum atomic E-state index is 13.4. The molecule has 8 heteroatoms. The van der Waals surface area contributed by atoms with Gasteiger partial charge in [-0.05, 0) is 55.0 Å². The van der Waals surface area contributed by atoms with E-state index in [1.54, 1.807) is 19.3 Å². The SMILES string of the molecule is COc1ccc2c(c1)c(/C=C1\Oc3c(cc4c(c3C)OCN(Cc3ccc(Cl)c(Cl)c3)C4)C1=O)cn2C. The Labute approximate surface area is 224 Å². The van der Waals surface area contributed by atoms with Crippen molar-refractivity contribution in [2.45, 2.75) is 20.0 Å². The second kappa shape index (κ2) is 9.14. The Kier molecular flexibility index (Phi) is 5.91. The molecule has 0 bridgehead atoms. The van der Waals surface area contributed by atoms with Gasteiger partial charge in [0.25, 0.3) is 0 Å². The van der Waals surface area contributed by atoms with E-state index >= 15 is 0 Å². The molecule has 0 amide bonds. The molecule has 0 saturated heterocycles. The summed E-state index contributed by atoms with van der Waals surface area (Å²) >= 11 is 12.2. The van der Waals surface area contributed by atoms with Crippen molar-refractivity contribution in [2.24, 2.45) is 7.05 Å². The van der Waals surface area contributed by atoms with Gasteiger partial charge in [0.15, 0.2) is 5.76 Å². The van der Waals surface area contributed by atoms with Gasteiger partial charge < -0.3 is 18.8 Å². The Morgan fingerprint density at radius 1 is 1.08 bits per heavy atom. The number of carbonyl (C=O) groups excluding carboxylic acids is 1. The number of ketones is 1. The molecule has 0 saturated carbocycles. The van der Waals surface area contributed by atoms with E-state index in [4.69, 9.17) is 37.4 Å². The fourth-order valence-corrected chi connectivity index (χ4v) is 5.40. The van der Waals surface area contributed by atoms with Gasteiger partial charge >= 0.3 is 0 Å². The lowest BCUT2D eigenvalue weighted by Crippen LogP contribution is -2.32. The van der Waals surface area contributed by atoms with Crippen molar-refractivity contribution in [3.05, 3.63) is 92.3 Å². The number of hydrogen-bond donors (Lipinski definition) is 0. The van der Waals surface area contributed by atoms with Gasteiger partial charge in [-0.2, -0.15) is 0 Å². The van der Waals surface area contributed by atoms with E-state index in [0.29, 0.717) is 46.9 Å². The quantitative estimate of drug-likeness (QED) is 0.270. The van der Waals surface area contributed by atoms with E-state index in [2.05, 4.69) is 4.90 Å². The first kappa shape index (κ1) is 23.9. The van der Waals surface area contributed by atoms with Crippen LogP contribution in [0.25, 0.3) is 17.0 Å². The Morgan fingerprint density at radius 3 is 2.70 bits per heavy atom. The molecule has 2 aliphatic heterocycles. The highest BCUT2D eigenvalue weighted by molar-refractivity contribution is 6.42. The molecule has 4 aromatic rings. The molecule has 0 atom stereocenters. The minimum absolute atomic E-state index is 0.137. The summed E-state index contributed by atoms with van der Waals surface area (Å²) in [6, 6.07) is 13.4. The normalized spacial score (nSPS) is 16.0. The van der Waals surface area contributed by atoms with Crippen LogP contribution < -0.4 is 14.2 Å². The van der Waals surface area contributed by atoms with Crippen LogP contribution in [-0.4, -0.2) is 29.1 Å². The van der Waals surface area contributed by atoms with Crippen molar-refractivity contribution < 1.29 is 19.0 Å². The molecule has 37 heavy (non-hydrogen) atoms. The van der Waals surface area contributed by atoms with Crippen molar-refractivity contribution in [3.63, 3.8) is 0 Å². The Balaban J connectivity index is 1.30. The lowest BCUT2D eigenvalue weighted by molar-refractivity contribution is 0.0876. The molecular weight excluding hydrogens is 511 g/mol. The molecule has 0 radical (unpaired) electrons. The summed E-state index contributed by atoms with van der Waals surface area (Å²) in [5, 5.41) is 2.04. The van der Waals surface area contributed by atoms with E-state index < -0.39 is 0 Å². The van der Waals surface area contributed by atoms with Crippen LogP contribution in [0.2, 0.25) is 10.0 Å². The number of methoxy groups -OCH3 is 1. The zero-order chi connectivity index (χ0) is 25.8. The van der Waals surface area contributed by atoms with Crippen molar-refractivity contribution in [1.82, 2.24) is 9.47 Å². The summed E-state index contributed by atoms with van der Waals surface area (Å²) < 4.78 is 19.7. The van der Waals surface area contributed by atoms with Gasteiger partial charge in [0, 0.05) is 53.9 Å². The molecule has 3 aromatic carbocycles. The average Bonchev–Trinajstić information content (AvgIpc) is 3.37. The number of halogens is 2. The largest absolute Gasteiger partial charge is 0.497 e. The molecular formula is C29H24Cl2N2O4. The third-order valence-corrected chi connectivity index (χ3v) is 7.65. The van der Waals surface area contributed by atoms with Gasteiger partial charge in [0.2, 0.25) is 5.78 Å². The first-order valence-electron chi connectivity index (χ1n) is 11.8. The van der Waals surface area contributed by atoms with E-state index in [1.165, 1.54) is 0 Å². The highest BCUT2D eigenvalue weighted by atomic mass is 35.5. The number of ether oxygens (including phenoxy) is 3. The predicted molar refractivity (Wildman–Crippen MR) is 145 cm³/mol. The predicted octanol–water partition coefficient (Wildman–Crippen LogP) is 6.77. The molecule has 6 nitrogen and oxygen atoms in total. The van der Waals surface area contributed by atoms with Crippen molar-refractivity contribution >= 4 is 46.0 Å². The molecule has 0 unspecified atom stereocenters. The Hall–Kier alpha value is -3.45. The zero-order valence-corrected chi connectivity index (χ0v) is 22.1. The number of nitrogens with zero attached hydrogens (tertiary/aromatic N) is 2. The number of benzene rings is 3. The van der Waals surface area contributed by atoms with Gasteiger partial charge in [-0.3, -0.25) is 9.69 Å². The summed E-state index contributed by atoms with van der Waals surface area (Å²) in [6.07, 6.45) is 3.79. The second-order valence-corrected chi connectivity index (χ2v) is 10.2. The topological polar surface area (TPSA) is 52.9 Å². The summed E-state index contributed by atoms with van der Waals surface area (Å²) in [6.45, 7) is 3.64. The molecule has 2 aliphatic rings. The number of fused-ring (bicyclic) bond motifs is 3. The Bertz CT molecular complexity index is 1620. The van der Waals surface area contributed by atoms with Gasteiger partial charge in [-0.15, -0.1) is 0 Å². The monoisotopic (exact) mass is 534 g/mol. The van der Waals surface area contributed by atoms with Gasteiger partial charge in [-0.25, -0.2) is 0 Å². The highest BCUT2D eigenvalue weighted by Gasteiger charge is 2.34. The lowest BCUT2D eigenvalue weighted by atomic mass is 9.99. The fourth-order valence-electron chi connectivity index (χ4n) is 5.08. The molecule has 0 aliphatic carbocycles. The molecule has 0 N–H and O–H groups in total. The smallest absolute Gasteiger partial charge is 0.231 e. The molecule has 6 rings (SSSR count). The summed E-state index contributed by atoms with van der Waals surface area (Å²) in [7, 11) is 3.61. The van der Waals surface area contributed by atoms with E-state index in [0.717, 1.165) is 44.7 Å². The molecule has 3 heterocycles. The molecule has 188 valence electrons. The number of hydrogen-bond acceptors (Lipinski definition) is 5. The van der Waals surface area contributed by atoms with Crippen LogP contribution in [0.1, 0.15) is 32.6 Å². The fraction of sp³-hybridized carbons (Fsp3) is 0.207. The number of allylic oxidation sites excluding steroid dienone is 1. The van der Waals surface area contributed by atoms with Crippen LogP contribution in [0, 0.1) is 6.92 Å². The highest BCUT2D eigenvalue weighted by Crippen LogP contribution is 2.43. The number of aromatic nitrogens is 1. The van der Waals surface area contributed by atoms with Crippen molar-refractivity contribution in [2.75, 3.05) is 13.8 Å². The lowest BCUT2D eigenvalue weighted by Gasteiger charge is -2.30. The maximum absolute atomic E-state index is 13.4. The minimum atomic E-state index is -0.137. The first-order chi connectivity index (χ1) is 17.8. The number of aryl methyl sites for hydroxylation is 1. The third-order valence-electron chi connectivity index (χ3n) is 6.91. The zero-order valence-electron chi connectivity index (χ0n) is 20.6. The van der Waals surface area contributed by atoms with Crippen molar-refractivity contribution in [3.8, 4) is 17.2 Å². The number of rotatable bonds is 4. The van der Waals surface area contributed by atoms with Gasteiger partial charge in [0.1, 0.15) is 24.0 Å². The van der Waals surface area contributed by atoms with E-state index in [-0.39, 0.29) is 5.78 Å².